The Bertz CT molecular complexity index is 198. The second kappa shape index (κ2) is 2.82. The Labute approximate surface area is 66.8 Å². The van der Waals surface area contributed by atoms with Gasteiger partial charge in [-0.05, 0) is 6.92 Å². The maximum Gasteiger partial charge on any atom is 0.161 e. The van der Waals surface area contributed by atoms with Gasteiger partial charge in [-0.3, -0.25) is 0 Å². The summed E-state index contributed by atoms with van der Waals surface area (Å²) in [7, 11) is 0. The minimum absolute atomic E-state index is 0.531. The minimum Gasteiger partial charge on any atom is -0.144 e. The van der Waals surface area contributed by atoms with Gasteiger partial charge in [-0.2, -0.15) is 0 Å². The van der Waals surface area contributed by atoms with Crippen molar-refractivity contribution in [2.75, 3.05) is 0 Å². The summed E-state index contributed by atoms with van der Waals surface area (Å²) < 4.78 is 0. The van der Waals surface area contributed by atoms with Gasteiger partial charge in [0.15, 0.2) is 9.84 Å². The number of aromatic nitrogens is 2. The van der Waals surface area contributed by atoms with Crippen molar-refractivity contribution >= 4 is 34.5 Å². The van der Waals surface area contributed by atoms with Crippen LogP contribution in [0.4, 0.5) is 0 Å². The molecule has 0 atom stereocenters. The lowest BCUT2D eigenvalue weighted by Crippen LogP contribution is -1.77. The fraction of sp³-hybridized carbons (Fsp3) is 0.500. The molecule has 1 aromatic rings. The van der Waals surface area contributed by atoms with Crippen molar-refractivity contribution < 1.29 is 0 Å². The number of halogens is 2. The molecule has 5 heteroatoms. The molecule has 50 valence electrons. The maximum atomic E-state index is 5.49. The normalized spacial score (nSPS) is 10.7. The molecule has 0 aliphatic rings. The molecular weight excluding hydrogens is 179 g/mol. The van der Waals surface area contributed by atoms with E-state index >= 15 is 0 Å². The molecular formula is C4H4Cl2N2S. The minimum atomic E-state index is -0.531. The van der Waals surface area contributed by atoms with Gasteiger partial charge in [0.1, 0.15) is 5.01 Å². The molecule has 2 nitrogen and oxygen atoms in total. The molecule has 1 heterocycles. The molecule has 0 aromatic carbocycles. The summed E-state index contributed by atoms with van der Waals surface area (Å²) in [6.07, 6.45) is 0. The Morgan fingerprint density at radius 3 is 2.33 bits per heavy atom. The fourth-order valence-electron chi connectivity index (χ4n) is 0.400. The van der Waals surface area contributed by atoms with Crippen molar-refractivity contribution in [2.24, 2.45) is 0 Å². The molecule has 1 aromatic heterocycles. The van der Waals surface area contributed by atoms with E-state index in [4.69, 9.17) is 23.2 Å². The van der Waals surface area contributed by atoms with Crippen LogP contribution in [0.5, 0.6) is 0 Å². The van der Waals surface area contributed by atoms with Crippen LogP contribution in [0.25, 0.3) is 0 Å². The van der Waals surface area contributed by atoms with E-state index in [2.05, 4.69) is 10.2 Å². The van der Waals surface area contributed by atoms with Gasteiger partial charge < -0.3 is 0 Å². The number of rotatable bonds is 1. The van der Waals surface area contributed by atoms with Crippen molar-refractivity contribution in [3.63, 3.8) is 0 Å². The predicted octanol–water partition coefficient (Wildman–Crippen LogP) is 2.32. The van der Waals surface area contributed by atoms with Crippen LogP contribution < -0.4 is 0 Å². The van der Waals surface area contributed by atoms with Gasteiger partial charge in [0.25, 0.3) is 0 Å². The monoisotopic (exact) mass is 182 g/mol. The van der Waals surface area contributed by atoms with Crippen LogP contribution in [-0.4, -0.2) is 10.2 Å². The number of nitrogens with zero attached hydrogens (tertiary/aromatic N) is 2. The van der Waals surface area contributed by atoms with E-state index in [1.807, 2.05) is 6.92 Å². The molecule has 0 aliphatic heterocycles. The molecule has 0 amide bonds. The van der Waals surface area contributed by atoms with Gasteiger partial charge in [0.2, 0.25) is 0 Å². The van der Waals surface area contributed by atoms with E-state index < -0.39 is 4.84 Å². The van der Waals surface area contributed by atoms with Crippen LogP contribution in [0.3, 0.4) is 0 Å². The van der Waals surface area contributed by atoms with E-state index in [1.165, 1.54) is 11.3 Å². The maximum absolute atomic E-state index is 5.49. The van der Waals surface area contributed by atoms with Crippen molar-refractivity contribution in [3.8, 4) is 0 Å². The molecule has 9 heavy (non-hydrogen) atoms. The zero-order valence-electron chi connectivity index (χ0n) is 4.64. The van der Waals surface area contributed by atoms with E-state index in [1.54, 1.807) is 0 Å². The van der Waals surface area contributed by atoms with Gasteiger partial charge in [-0.1, -0.05) is 34.5 Å². The standard InChI is InChI=1S/C4H4Cl2N2S/c1-2-7-8-4(9-2)3(5)6/h3H,1H3. The molecule has 0 unspecified atom stereocenters. The molecule has 0 saturated heterocycles. The quantitative estimate of drug-likeness (QED) is 0.624. The molecule has 0 fully saturated rings. The Hall–Kier alpha value is 0.140. The van der Waals surface area contributed by atoms with Gasteiger partial charge in [-0.25, -0.2) is 0 Å². The first-order chi connectivity index (χ1) is 4.20. The average molecular weight is 183 g/mol. The van der Waals surface area contributed by atoms with Crippen molar-refractivity contribution in [3.05, 3.63) is 10.0 Å². The van der Waals surface area contributed by atoms with Crippen LogP contribution in [0.2, 0.25) is 0 Å². The number of alkyl halides is 2. The summed E-state index contributed by atoms with van der Waals surface area (Å²) in [4.78, 5) is -0.531. The third-order valence-corrected chi connectivity index (χ3v) is 2.30. The van der Waals surface area contributed by atoms with E-state index in [9.17, 15) is 0 Å². The smallest absolute Gasteiger partial charge is 0.144 e. The van der Waals surface area contributed by atoms with Crippen LogP contribution in [0.1, 0.15) is 14.9 Å². The lowest BCUT2D eigenvalue weighted by molar-refractivity contribution is 1.00. The molecule has 0 aliphatic carbocycles. The highest BCUT2D eigenvalue weighted by atomic mass is 35.5. The van der Waals surface area contributed by atoms with Crippen molar-refractivity contribution in [2.45, 2.75) is 11.8 Å². The molecule has 0 bridgehead atoms. The van der Waals surface area contributed by atoms with E-state index in [0.717, 1.165) is 5.01 Å². The fourth-order valence-corrected chi connectivity index (χ4v) is 1.31. The molecule has 1 rings (SSSR count). The summed E-state index contributed by atoms with van der Waals surface area (Å²) >= 11 is 12.4. The summed E-state index contributed by atoms with van der Waals surface area (Å²) in [6, 6.07) is 0. The summed E-state index contributed by atoms with van der Waals surface area (Å²) in [5.41, 5.74) is 0. The van der Waals surface area contributed by atoms with Gasteiger partial charge in [0.05, 0.1) is 0 Å². The van der Waals surface area contributed by atoms with Crippen molar-refractivity contribution in [1.82, 2.24) is 10.2 Å². The highest BCUT2D eigenvalue weighted by Crippen LogP contribution is 2.26. The third-order valence-electron chi connectivity index (χ3n) is 0.728. The van der Waals surface area contributed by atoms with E-state index in [0.29, 0.717) is 5.01 Å². The molecule has 0 saturated carbocycles. The first kappa shape index (κ1) is 7.25. The summed E-state index contributed by atoms with van der Waals surface area (Å²) in [6.45, 7) is 1.86. The zero-order valence-corrected chi connectivity index (χ0v) is 6.96. The molecule has 0 radical (unpaired) electrons. The number of hydrogen-bond acceptors (Lipinski definition) is 3. The van der Waals surface area contributed by atoms with Gasteiger partial charge in [-0.15, -0.1) is 10.2 Å². The Balaban J connectivity index is 2.85. The summed E-state index contributed by atoms with van der Waals surface area (Å²) in [5.74, 6) is 0. The lowest BCUT2D eigenvalue weighted by atomic mass is 10.8. The van der Waals surface area contributed by atoms with Gasteiger partial charge in [0, 0.05) is 0 Å². The van der Waals surface area contributed by atoms with Crippen LogP contribution in [0.15, 0.2) is 0 Å². The Morgan fingerprint density at radius 1 is 1.44 bits per heavy atom. The Morgan fingerprint density at radius 2 is 2.11 bits per heavy atom. The first-order valence-corrected chi connectivity index (χ1v) is 3.97. The second-order valence-corrected chi connectivity index (χ2v) is 3.77. The highest BCUT2D eigenvalue weighted by Gasteiger charge is 2.07. The van der Waals surface area contributed by atoms with Crippen LogP contribution in [0, 0.1) is 6.92 Å². The predicted molar refractivity (Wildman–Crippen MR) is 39.1 cm³/mol. The molecule has 0 spiro atoms. The first-order valence-electron chi connectivity index (χ1n) is 2.28. The molecule has 0 N–H and O–H groups in total. The average Bonchev–Trinajstić information content (AvgIpc) is 2.14. The third kappa shape index (κ3) is 1.78. The SMILES string of the molecule is Cc1nnc(C(Cl)Cl)s1. The van der Waals surface area contributed by atoms with Crippen LogP contribution >= 0.6 is 34.5 Å². The topological polar surface area (TPSA) is 25.8 Å². The number of aryl methyl sites for hydroxylation is 1. The lowest BCUT2D eigenvalue weighted by Gasteiger charge is -1.87. The largest absolute Gasteiger partial charge is 0.161 e. The van der Waals surface area contributed by atoms with Crippen LogP contribution in [-0.2, 0) is 0 Å². The zero-order chi connectivity index (χ0) is 6.85. The summed E-state index contributed by atoms with van der Waals surface area (Å²) in [5, 5.41) is 9.01. The van der Waals surface area contributed by atoms with Gasteiger partial charge >= 0.3 is 0 Å². The van der Waals surface area contributed by atoms with E-state index in [-0.39, 0.29) is 0 Å². The number of hydrogen-bond donors (Lipinski definition) is 0. The highest BCUT2D eigenvalue weighted by molar-refractivity contribution is 7.11. The Kier molecular flexibility index (Phi) is 2.27. The second-order valence-electron chi connectivity index (χ2n) is 1.46. The van der Waals surface area contributed by atoms with Crippen molar-refractivity contribution in [1.29, 1.82) is 0 Å².